The van der Waals surface area contributed by atoms with Gasteiger partial charge in [-0.2, -0.15) is 0 Å². The number of aromatic nitrogens is 3. The Morgan fingerprint density at radius 3 is 2.85 bits per heavy atom. The van der Waals surface area contributed by atoms with Crippen LogP contribution in [-0.2, 0) is 7.05 Å². The van der Waals surface area contributed by atoms with E-state index >= 15 is 0 Å². The number of rotatable bonds is 1. The first kappa shape index (κ1) is 9.75. The Balaban J connectivity index is 2.78. The van der Waals surface area contributed by atoms with E-state index in [1.54, 1.807) is 17.9 Å². The van der Waals surface area contributed by atoms with Crippen molar-refractivity contribution in [2.24, 2.45) is 12.8 Å². The van der Waals surface area contributed by atoms with Gasteiger partial charge in [0.15, 0.2) is 5.69 Å². The number of nitrogens with two attached hydrogens (primary N) is 1. The molecule has 4 heteroatoms. The maximum absolute atomic E-state index is 5.84. The summed E-state index contributed by atoms with van der Waals surface area (Å²) in [4.78, 5) is 0. The van der Waals surface area contributed by atoms with Crippen LogP contribution in [0.5, 0.6) is 0 Å². The summed E-state index contributed by atoms with van der Waals surface area (Å²) >= 11 is 0. The molecule has 0 aliphatic heterocycles. The predicted octanol–water partition coefficient (Wildman–Crippen LogP) is 0.294. The molecule has 4 nitrogen and oxygen atoms in total. The first-order chi connectivity index (χ1) is 6.03. The first-order valence-corrected chi connectivity index (χ1v) is 4.22. The van der Waals surface area contributed by atoms with Crippen LogP contribution in [0.1, 0.15) is 26.0 Å². The maximum Gasteiger partial charge on any atom is 0.155 e. The van der Waals surface area contributed by atoms with Crippen molar-refractivity contribution < 1.29 is 0 Å². The van der Waals surface area contributed by atoms with Crippen molar-refractivity contribution >= 4 is 0 Å². The van der Waals surface area contributed by atoms with Gasteiger partial charge in [0.05, 0.1) is 11.7 Å². The van der Waals surface area contributed by atoms with Crippen molar-refractivity contribution in [3.63, 3.8) is 0 Å². The fourth-order valence-corrected chi connectivity index (χ4v) is 0.700. The molecule has 1 aromatic heterocycles. The van der Waals surface area contributed by atoms with Gasteiger partial charge in [-0.25, -0.2) is 0 Å². The lowest BCUT2D eigenvalue weighted by atomic mass is 10.0. The van der Waals surface area contributed by atoms with Crippen molar-refractivity contribution in [3.8, 4) is 11.8 Å². The van der Waals surface area contributed by atoms with Gasteiger partial charge in [-0.15, -0.1) is 5.10 Å². The molecular weight excluding hydrogens is 164 g/mol. The van der Waals surface area contributed by atoms with Gasteiger partial charge >= 0.3 is 0 Å². The van der Waals surface area contributed by atoms with Crippen LogP contribution in [-0.4, -0.2) is 20.5 Å². The monoisotopic (exact) mass is 178 g/mol. The molecule has 1 heterocycles. The molecule has 0 bridgehead atoms. The fraction of sp³-hybridized carbons (Fsp3) is 0.556. The van der Waals surface area contributed by atoms with E-state index < -0.39 is 5.54 Å². The molecule has 0 spiro atoms. The molecule has 1 unspecified atom stereocenters. The summed E-state index contributed by atoms with van der Waals surface area (Å²) in [5.41, 5.74) is 6.07. The van der Waals surface area contributed by atoms with E-state index in [9.17, 15) is 0 Å². The van der Waals surface area contributed by atoms with E-state index in [0.29, 0.717) is 5.69 Å². The summed E-state index contributed by atoms with van der Waals surface area (Å²) in [6, 6.07) is 0. The zero-order valence-corrected chi connectivity index (χ0v) is 8.20. The Labute approximate surface area is 78.1 Å². The molecule has 70 valence electrons. The normalized spacial score (nSPS) is 14.5. The van der Waals surface area contributed by atoms with Gasteiger partial charge in [-0.3, -0.25) is 4.68 Å². The average Bonchev–Trinajstić information content (AvgIpc) is 2.48. The average molecular weight is 178 g/mol. The third-order valence-corrected chi connectivity index (χ3v) is 1.81. The molecule has 0 fully saturated rings. The van der Waals surface area contributed by atoms with E-state index in [0.717, 1.165) is 6.42 Å². The Morgan fingerprint density at radius 1 is 1.69 bits per heavy atom. The molecule has 1 atom stereocenters. The molecule has 0 aromatic carbocycles. The van der Waals surface area contributed by atoms with Gasteiger partial charge < -0.3 is 5.73 Å². The second-order valence-corrected chi connectivity index (χ2v) is 3.30. The van der Waals surface area contributed by atoms with Crippen LogP contribution in [0.25, 0.3) is 0 Å². The lowest BCUT2D eigenvalue weighted by molar-refractivity contribution is 0.586. The standard InChI is InChI=1S/C9H14N4/c1-4-9(2,10)6-5-8-7-13(3)12-11-8/h7H,4,10H2,1-3H3. The quantitative estimate of drug-likeness (QED) is 0.629. The minimum atomic E-state index is -0.433. The van der Waals surface area contributed by atoms with E-state index in [4.69, 9.17) is 5.73 Å². The van der Waals surface area contributed by atoms with Crippen LogP contribution >= 0.6 is 0 Å². The SMILES string of the molecule is CCC(C)(N)C#Cc1cn(C)nn1. The van der Waals surface area contributed by atoms with Crippen LogP contribution in [0.2, 0.25) is 0 Å². The summed E-state index contributed by atoms with van der Waals surface area (Å²) < 4.78 is 1.61. The summed E-state index contributed by atoms with van der Waals surface area (Å²) in [5.74, 6) is 5.84. The van der Waals surface area contributed by atoms with Crippen LogP contribution < -0.4 is 5.73 Å². The van der Waals surface area contributed by atoms with Crippen LogP contribution in [0.4, 0.5) is 0 Å². The first-order valence-electron chi connectivity index (χ1n) is 4.22. The Kier molecular flexibility index (Phi) is 2.69. The minimum Gasteiger partial charge on any atom is -0.315 e. The molecule has 0 radical (unpaired) electrons. The summed E-state index contributed by atoms with van der Waals surface area (Å²) in [6.45, 7) is 3.90. The highest BCUT2D eigenvalue weighted by molar-refractivity contribution is 5.28. The number of hydrogen-bond donors (Lipinski definition) is 1. The highest BCUT2D eigenvalue weighted by Gasteiger charge is 2.10. The summed E-state index contributed by atoms with van der Waals surface area (Å²) in [5, 5.41) is 7.60. The third kappa shape index (κ3) is 2.88. The predicted molar refractivity (Wildman–Crippen MR) is 50.8 cm³/mol. The van der Waals surface area contributed by atoms with Gasteiger partial charge in [0, 0.05) is 7.05 Å². The van der Waals surface area contributed by atoms with Crippen molar-refractivity contribution in [2.75, 3.05) is 0 Å². The van der Waals surface area contributed by atoms with E-state index in [-0.39, 0.29) is 0 Å². The van der Waals surface area contributed by atoms with Gasteiger partial charge in [-0.1, -0.05) is 18.1 Å². The van der Waals surface area contributed by atoms with Gasteiger partial charge in [-0.05, 0) is 19.3 Å². The van der Waals surface area contributed by atoms with Crippen molar-refractivity contribution in [1.82, 2.24) is 15.0 Å². The Bertz CT molecular complexity index is 340. The topological polar surface area (TPSA) is 56.7 Å². The molecule has 1 aromatic rings. The van der Waals surface area contributed by atoms with E-state index in [1.165, 1.54) is 0 Å². The third-order valence-electron chi connectivity index (χ3n) is 1.81. The Hall–Kier alpha value is -1.34. The smallest absolute Gasteiger partial charge is 0.155 e. The van der Waals surface area contributed by atoms with Crippen LogP contribution in [0.3, 0.4) is 0 Å². The summed E-state index contributed by atoms with van der Waals surface area (Å²) in [7, 11) is 1.81. The summed E-state index contributed by atoms with van der Waals surface area (Å²) in [6.07, 6.45) is 2.58. The lowest BCUT2D eigenvalue weighted by Crippen LogP contribution is -2.33. The Morgan fingerprint density at radius 2 is 2.38 bits per heavy atom. The maximum atomic E-state index is 5.84. The molecule has 0 aliphatic carbocycles. The highest BCUT2D eigenvalue weighted by atomic mass is 15.4. The largest absolute Gasteiger partial charge is 0.315 e. The fourth-order valence-electron chi connectivity index (χ4n) is 0.700. The van der Waals surface area contributed by atoms with Crippen molar-refractivity contribution in [3.05, 3.63) is 11.9 Å². The van der Waals surface area contributed by atoms with E-state index in [1.807, 2.05) is 13.8 Å². The second-order valence-electron chi connectivity index (χ2n) is 3.30. The molecular formula is C9H14N4. The molecule has 0 saturated heterocycles. The number of nitrogens with zero attached hydrogens (tertiary/aromatic N) is 3. The second kappa shape index (κ2) is 3.58. The van der Waals surface area contributed by atoms with Gasteiger partial charge in [0.25, 0.3) is 0 Å². The molecule has 0 aliphatic rings. The number of hydrogen-bond acceptors (Lipinski definition) is 3. The minimum absolute atomic E-state index is 0.433. The van der Waals surface area contributed by atoms with Gasteiger partial charge in [0.2, 0.25) is 0 Å². The highest BCUT2D eigenvalue weighted by Crippen LogP contribution is 2.02. The van der Waals surface area contributed by atoms with Crippen LogP contribution in [0.15, 0.2) is 6.20 Å². The lowest BCUT2D eigenvalue weighted by Gasteiger charge is -2.12. The zero-order chi connectivity index (χ0) is 9.90. The molecule has 1 rings (SSSR count). The zero-order valence-electron chi connectivity index (χ0n) is 8.20. The van der Waals surface area contributed by atoms with Gasteiger partial charge in [0.1, 0.15) is 0 Å². The van der Waals surface area contributed by atoms with Crippen molar-refractivity contribution in [1.29, 1.82) is 0 Å². The molecule has 2 N–H and O–H groups in total. The number of aryl methyl sites for hydroxylation is 1. The molecule has 13 heavy (non-hydrogen) atoms. The van der Waals surface area contributed by atoms with E-state index in [2.05, 4.69) is 22.2 Å². The molecule has 0 saturated carbocycles. The van der Waals surface area contributed by atoms with Crippen LogP contribution in [0, 0.1) is 11.8 Å². The van der Waals surface area contributed by atoms with Crippen molar-refractivity contribution in [2.45, 2.75) is 25.8 Å². The molecule has 0 amide bonds.